The smallest absolute Gasteiger partial charge is 0.0597 e. The molecule has 11 heavy (non-hydrogen) atoms. The minimum atomic E-state index is 1.04. The van der Waals surface area contributed by atoms with Crippen LogP contribution in [0.25, 0.3) is 0 Å². The van der Waals surface area contributed by atoms with Gasteiger partial charge in [-0.3, -0.25) is 0 Å². The molecule has 0 saturated heterocycles. The lowest BCUT2D eigenvalue weighted by Gasteiger charge is -1.98. The normalized spacial score (nSPS) is 11.3. The van der Waals surface area contributed by atoms with E-state index in [0.717, 1.165) is 12.1 Å². The fraction of sp³-hybridized carbons (Fsp3) is 0.667. The number of hydrogen-bond acceptors (Lipinski definition) is 2. The maximum absolute atomic E-state index is 4.06. The Kier molecular flexibility index (Phi) is 6.79. The molecule has 0 spiro atoms. The van der Waals surface area contributed by atoms with Crippen LogP contribution in [0, 0.1) is 0 Å². The highest BCUT2D eigenvalue weighted by Crippen LogP contribution is 2.00. The Bertz CT molecular complexity index is 128. The Labute approximate surface area is 69.4 Å². The lowest BCUT2D eigenvalue weighted by molar-refractivity contribution is 0.738. The summed E-state index contributed by atoms with van der Waals surface area (Å²) in [4.78, 5) is 0. The molecule has 0 saturated carbocycles. The summed E-state index contributed by atoms with van der Waals surface area (Å²) in [5, 5.41) is 4.06. The summed E-state index contributed by atoms with van der Waals surface area (Å²) in [5.74, 6) is 0. The van der Waals surface area contributed by atoms with Crippen molar-refractivity contribution < 1.29 is 0 Å². The number of nitrogens with zero attached hydrogens (tertiary/aromatic N) is 1. The summed E-state index contributed by atoms with van der Waals surface area (Å²) >= 11 is 0. The van der Waals surface area contributed by atoms with Crippen molar-refractivity contribution >= 4 is 5.71 Å². The van der Waals surface area contributed by atoms with Crippen molar-refractivity contribution in [2.45, 2.75) is 32.6 Å². The number of rotatable bonds is 6. The quantitative estimate of drug-likeness (QED) is 0.354. The molecule has 0 aliphatic rings. The molecule has 0 rings (SSSR count). The van der Waals surface area contributed by atoms with Gasteiger partial charge in [-0.2, -0.15) is 5.10 Å². The van der Waals surface area contributed by atoms with Gasteiger partial charge >= 0.3 is 0 Å². The van der Waals surface area contributed by atoms with Gasteiger partial charge < -0.3 is 5.43 Å². The molecular weight excluding hydrogens is 136 g/mol. The zero-order valence-corrected chi connectivity index (χ0v) is 7.56. The van der Waals surface area contributed by atoms with Crippen molar-refractivity contribution in [1.82, 2.24) is 5.43 Å². The van der Waals surface area contributed by atoms with Crippen LogP contribution in [0.1, 0.15) is 32.6 Å². The Morgan fingerprint density at radius 1 is 1.55 bits per heavy atom. The number of unbranched alkanes of at least 4 members (excludes halogenated alkanes) is 2. The fourth-order valence-electron chi connectivity index (χ4n) is 0.903. The fourth-order valence-corrected chi connectivity index (χ4v) is 0.903. The predicted octanol–water partition coefficient (Wildman–Crippen LogP) is 2.33. The van der Waals surface area contributed by atoms with Crippen molar-refractivity contribution in [1.29, 1.82) is 0 Å². The van der Waals surface area contributed by atoms with Crippen LogP contribution in [-0.4, -0.2) is 12.8 Å². The lowest BCUT2D eigenvalue weighted by atomic mass is 10.1. The topological polar surface area (TPSA) is 24.4 Å². The SMILES string of the molecule is C=C/C(CCCCC)=N\NC. The molecule has 0 aliphatic heterocycles. The van der Waals surface area contributed by atoms with E-state index in [2.05, 4.69) is 24.0 Å². The number of allylic oxidation sites excluding steroid dienone is 1. The second kappa shape index (κ2) is 7.32. The third-order valence-corrected chi connectivity index (χ3v) is 1.53. The van der Waals surface area contributed by atoms with E-state index in [1.807, 2.05) is 13.1 Å². The maximum Gasteiger partial charge on any atom is 0.0597 e. The summed E-state index contributed by atoms with van der Waals surface area (Å²) < 4.78 is 0. The summed E-state index contributed by atoms with van der Waals surface area (Å²) in [6.07, 6.45) is 6.59. The summed E-state index contributed by atoms with van der Waals surface area (Å²) in [6.45, 7) is 5.88. The van der Waals surface area contributed by atoms with Crippen molar-refractivity contribution in [3.05, 3.63) is 12.7 Å². The van der Waals surface area contributed by atoms with Gasteiger partial charge in [0.05, 0.1) is 5.71 Å². The minimum absolute atomic E-state index is 1.04. The molecule has 0 aromatic rings. The van der Waals surface area contributed by atoms with Gasteiger partial charge in [0, 0.05) is 7.05 Å². The molecule has 0 fully saturated rings. The molecule has 0 aromatic carbocycles. The molecule has 0 bridgehead atoms. The summed E-state index contributed by atoms with van der Waals surface area (Å²) in [7, 11) is 1.81. The number of nitrogens with one attached hydrogen (secondary N) is 1. The van der Waals surface area contributed by atoms with Gasteiger partial charge in [0.2, 0.25) is 0 Å². The third kappa shape index (κ3) is 5.64. The van der Waals surface area contributed by atoms with E-state index in [-0.39, 0.29) is 0 Å². The molecule has 0 radical (unpaired) electrons. The first kappa shape index (κ1) is 10.2. The molecule has 2 heteroatoms. The van der Waals surface area contributed by atoms with Crippen molar-refractivity contribution in [2.75, 3.05) is 7.05 Å². The molecular formula is C9H18N2. The lowest BCUT2D eigenvalue weighted by Crippen LogP contribution is -2.02. The van der Waals surface area contributed by atoms with Crippen LogP contribution in [0.4, 0.5) is 0 Å². The van der Waals surface area contributed by atoms with E-state index < -0.39 is 0 Å². The third-order valence-electron chi connectivity index (χ3n) is 1.53. The van der Waals surface area contributed by atoms with Gasteiger partial charge in [0.25, 0.3) is 0 Å². The van der Waals surface area contributed by atoms with Gasteiger partial charge in [-0.1, -0.05) is 26.3 Å². The van der Waals surface area contributed by atoms with Gasteiger partial charge in [-0.15, -0.1) is 0 Å². The molecule has 64 valence electrons. The Balaban J connectivity index is 3.52. The van der Waals surface area contributed by atoms with Crippen LogP contribution in [0.5, 0.6) is 0 Å². The zero-order chi connectivity index (χ0) is 8.53. The Hall–Kier alpha value is -0.790. The maximum atomic E-state index is 4.06. The van der Waals surface area contributed by atoms with Gasteiger partial charge in [-0.25, -0.2) is 0 Å². The number of hydrazone groups is 1. The molecule has 0 heterocycles. The van der Waals surface area contributed by atoms with E-state index in [1.54, 1.807) is 0 Å². The van der Waals surface area contributed by atoms with Gasteiger partial charge in [0.15, 0.2) is 0 Å². The van der Waals surface area contributed by atoms with Gasteiger partial charge in [-0.05, 0) is 18.9 Å². The highest BCUT2D eigenvalue weighted by atomic mass is 15.3. The first-order chi connectivity index (χ1) is 5.35. The standard InChI is InChI=1S/C9H18N2/c1-4-6-7-8-9(5-2)11-10-3/h5,10H,2,4,6-8H2,1,3H3/b11-9+. The van der Waals surface area contributed by atoms with Crippen molar-refractivity contribution in [2.24, 2.45) is 5.10 Å². The average Bonchev–Trinajstić information content (AvgIpc) is 2.03. The molecule has 1 N–H and O–H groups in total. The minimum Gasteiger partial charge on any atom is -0.313 e. The van der Waals surface area contributed by atoms with Crippen LogP contribution in [0.15, 0.2) is 17.8 Å². The second-order valence-corrected chi connectivity index (χ2v) is 2.49. The summed E-state index contributed by atoms with van der Waals surface area (Å²) in [6, 6.07) is 0. The number of hydrogen-bond donors (Lipinski definition) is 1. The van der Waals surface area contributed by atoms with Crippen LogP contribution in [-0.2, 0) is 0 Å². The van der Waals surface area contributed by atoms with Crippen LogP contribution < -0.4 is 5.43 Å². The first-order valence-corrected chi connectivity index (χ1v) is 4.20. The first-order valence-electron chi connectivity index (χ1n) is 4.20. The molecule has 0 aromatic heterocycles. The van der Waals surface area contributed by atoms with E-state index in [0.29, 0.717) is 0 Å². The van der Waals surface area contributed by atoms with E-state index in [9.17, 15) is 0 Å². The predicted molar refractivity (Wildman–Crippen MR) is 50.8 cm³/mol. The van der Waals surface area contributed by atoms with E-state index >= 15 is 0 Å². The average molecular weight is 154 g/mol. The van der Waals surface area contributed by atoms with E-state index in [1.165, 1.54) is 19.3 Å². The van der Waals surface area contributed by atoms with Crippen LogP contribution >= 0.6 is 0 Å². The Morgan fingerprint density at radius 3 is 2.73 bits per heavy atom. The second-order valence-electron chi connectivity index (χ2n) is 2.49. The molecule has 2 nitrogen and oxygen atoms in total. The summed E-state index contributed by atoms with van der Waals surface area (Å²) in [5.41, 5.74) is 3.82. The highest BCUT2D eigenvalue weighted by molar-refractivity contribution is 5.94. The zero-order valence-electron chi connectivity index (χ0n) is 7.56. The molecule has 0 unspecified atom stereocenters. The van der Waals surface area contributed by atoms with Gasteiger partial charge in [0.1, 0.15) is 0 Å². The molecule has 0 aliphatic carbocycles. The van der Waals surface area contributed by atoms with E-state index in [4.69, 9.17) is 0 Å². The molecule has 0 amide bonds. The largest absolute Gasteiger partial charge is 0.313 e. The van der Waals surface area contributed by atoms with Crippen LogP contribution in [0.3, 0.4) is 0 Å². The Morgan fingerprint density at radius 2 is 2.27 bits per heavy atom. The highest BCUT2D eigenvalue weighted by Gasteiger charge is 1.92. The van der Waals surface area contributed by atoms with Crippen molar-refractivity contribution in [3.63, 3.8) is 0 Å². The van der Waals surface area contributed by atoms with Crippen molar-refractivity contribution in [3.8, 4) is 0 Å². The molecule has 0 atom stereocenters. The van der Waals surface area contributed by atoms with Crippen LogP contribution in [0.2, 0.25) is 0 Å². The monoisotopic (exact) mass is 154 g/mol.